The van der Waals surface area contributed by atoms with Crippen LogP contribution in [0.4, 0.5) is 17.2 Å². The normalized spacial score (nSPS) is 10.3. The van der Waals surface area contributed by atoms with Crippen LogP contribution in [0.2, 0.25) is 10.3 Å². The van der Waals surface area contributed by atoms with Crippen molar-refractivity contribution in [1.82, 2.24) is 9.97 Å². The van der Waals surface area contributed by atoms with Crippen molar-refractivity contribution in [3.63, 3.8) is 0 Å². The van der Waals surface area contributed by atoms with Crippen molar-refractivity contribution in [2.75, 3.05) is 11.1 Å². The van der Waals surface area contributed by atoms with Gasteiger partial charge in [0.2, 0.25) is 5.28 Å². The van der Waals surface area contributed by atoms with E-state index in [0.717, 1.165) is 10.2 Å². The minimum atomic E-state index is 0.130. The summed E-state index contributed by atoms with van der Waals surface area (Å²) in [6, 6.07) is 5.41. The van der Waals surface area contributed by atoms with E-state index >= 15 is 0 Å². The Morgan fingerprint density at radius 2 is 2.06 bits per heavy atom. The minimum Gasteiger partial charge on any atom is -0.394 e. The van der Waals surface area contributed by atoms with Gasteiger partial charge in [-0.05, 0) is 45.7 Å². The Kier molecular flexibility index (Phi) is 3.71. The molecule has 0 atom stereocenters. The van der Waals surface area contributed by atoms with Crippen molar-refractivity contribution in [2.45, 2.75) is 0 Å². The first kappa shape index (κ1) is 12.4. The molecule has 0 aliphatic carbocycles. The molecule has 0 saturated heterocycles. The summed E-state index contributed by atoms with van der Waals surface area (Å²) >= 11 is 15.0. The van der Waals surface area contributed by atoms with Crippen molar-refractivity contribution in [2.24, 2.45) is 0 Å². The van der Waals surface area contributed by atoms with Crippen molar-refractivity contribution >= 4 is 56.3 Å². The Hall–Kier alpha value is -1.04. The zero-order valence-corrected chi connectivity index (χ0v) is 11.5. The molecule has 1 heterocycles. The largest absolute Gasteiger partial charge is 0.394 e. The van der Waals surface area contributed by atoms with Crippen molar-refractivity contribution in [3.8, 4) is 0 Å². The molecule has 3 N–H and O–H groups in total. The van der Waals surface area contributed by atoms with Gasteiger partial charge in [0.05, 0.1) is 16.9 Å². The van der Waals surface area contributed by atoms with Gasteiger partial charge >= 0.3 is 0 Å². The zero-order chi connectivity index (χ0) is 12.4. The van der Waals surface area contributed by atoms with E-state index in [0.29, 0.717) is 16.5 Å². The molecule has 0 aliphatic rings. The predicted molar refractivity (Wildman–Crippen MR) is 73.9 cm³/mol. The van der Waals surface area contributed by atoms with E-state index in [4.69, 9.17) is 28.9 Å². The maximum absolute atomic E-state index is 5.97. The highest BCUT2D eigenvalue weighted by Gasteiger charge is 2.05. The van der Waals surface area contributed by atoms with Crippen molar-refractivity contribution < 1.29 is 0 Å². The number of anilines is 3. The lowest BCUT2D eigenvalue weighted by Crippen LogP contribution is -2.00. The molecule has 17 heavy (non-hydrogen) atoms. The number of nitrogens with zero attached hydrogens (tertiary/aromatic N) is 2. The lowest BCUT2D eigenvalue weighted by Gasteiger charge is -2.08. The van der Waals surface area contributed by atoms with Crippen LogP contribution in [0.5, 0.6) is 0 Å². The quantitative estimate of drug-likeness (QED) is 0.819. The van der Waals surface area contributed by atoms with Gasteiger partial charge in [-0.1, -0.05) is 11.6 Å². The molecule has 0 bridgehead atoms. The Bertz CT molecular complexity index is 562. The lowest BCUT2D eigenvalue weighted by atomic mass is 10.3. The molecule has 7 heteroatoms. The zero-order valence-electron chi connectivity index (χ0n) is 8.42. The predicted octanol–water partition coefficient (Wildman–Crippen LogP) is 3.87. The van der Waals surface area contributed by atoms with E-state index in [1.54, 1.807) is 6.07 Å². The van der Waals surface area contributed by atoms with Gasteiger partial charge in [0, 0.05) is 10.2 Å². The average molecular weight is 334 g/mol. The fourth-order valence-electron chi connectivity index (χ4n) is 1.18. The molecular formula is C10H7BrCl2N4. The molecule has 0 saturated carbocycles. The second-order valence-corrected chi connectivity index (χ2v) is 4.80. The summed E-state index contributed by atoms with van der Waals surface area (Å²) in [7, 11) is 0. The van der Waals surface area contributed by atoms with Gasteiger partial charge in [0.1, 0.15) is 0 Å². The van der Waals surface area contributed by atoms with Crippen LogP contribution in [-0.2, 0) is 0 Å². The summed E-state index contributed by atoms with van der Waals surface area (Å²) in [6.45, 7) is 0. The number of nitrogens with one attached hydrogen (secondary N) is 1. The standard InChI is InChI=1S/C10H7BrCl2N4/c11-6-2-1-5(3-7(6)12)16-9-8(14)4-15-10(13)17-9/h1-4H,14H2,(H,15,16,17). The van der Waals surface area contributed by atoms with E-state index in [-0.39, 0.29) is 5.28 Å². The number of rotatable bonds is 2. The van der Waals surface area contributed by atoms with Gasteiger partial charge < -0.3 is 11.1 Å². The molecule has 88 valence electrons. The Morgan fingerprint density at radius 3 is 2.76 bits per heavy atom. The number of nitrogens with two attached hydrogens (primary N) is 1. The highest BCUT2D eigenvalue weighted by atomic mass is 79.9. The molecule has 2 rings (SSSR count). The van der Waals surface area contributed by atoms with Crippen molar-refractivity contribution in [3.05, 3.63) is 39.2 Å². The monoisotopic (exact) mass is 332 g/mol. The minimum absolute atomic E-state index is 0.130. The summed E-state index contributed by atoms with van der Waals surface area (Å²) in [5.41, 5.74) is 6.89. The highest BCUT2D eigenvalue weighted by molar-refractivity contribution is 9.10. The molecule has 4 nitrogen and oxygen atoms in total. The molecule has 2 aromatic rings. The summed E-state index contributed by atoms with van der Waals surface area (Å²) in [5.74, 6) is 0.448. The molecule has 0 fully saturated rings. The van der Waals surface area contributed by atoms with Crippen LogP contribution in [-0.4, -0.2) is 9.97 Å². The Balaban J connectivity index is 2.31. The third-order valence-corrected chi connectivity index (χ3v) is 3.38. The number of hydrogen-bond acceptors (Lipinski definition) is 4. The fourth-order valence-corrected chi connectivity index (χ4v) is 1.74. The number of aromatic nitrogens is 2. The molecule has 0 spiro atoms. The lowest BCUT2D eigenvalue weighted by molar-refractivity contribution is 1.17. The van der Waals surface area contributed by atoms with Crippen LogP contribution in [0.1, 0.15) is 0 Å². The van der Waals surface area contributed by atoms with Crippen LogP contribution in [0.25, 0.3) is 0 Å². The molecule has 0 amide bonds. The first-order valence-electron chi connectivity index (χ1n) is 4.56. The van der Waals surface area contributed by atoms with E-state index < -0.39 is 0 Å². The average Bonchev–Trinajstić information content (AvgIpc) is 2.29. The number of benzene rings is 1. The van der Waals surface area contributed by atoms with Gasteiger partial charge in [-0.25, -0.2) is 4.98 Å². The van der Waals surface area contributed by atoms with Crippen LogP contribution in [0.3, 0.4) is 0 Å². The third kappa shape index (κ3) is 3.00. The fraction of sp³-hybridized carbons (Fsp3) is 0. The smallest absolute Gasteiger partial charge is 0.224 e. The van der Waals surface area contributed by atoms with Gasteiger partial charge in [-0.15, -0.1) is 0 Å². The molecule has 0 aliphatic heterocycles. The number of hydrogen-bond donors (Lipinski definition) is 2. The summed E-state index contributed by atoms with van der Waals surface area (Å²) in [6.07, 6.45) is 1.44. The number of nitrogen functional groups attached to an aromatic ring is 1. The van der Waals surface area contributed by atoms with Gasteiger partial charge in [-0.2, -0.15) is 4.98 Å². The molecular weight excluding hydrogens is 327 g/mol. The Labute approximate surface area is 116 Å². The topological polar surface area (TPSA) is 63.8 Å². The van der Waals surface area contributed by atoms with E-state index in [1.807, 2.05) is 12.1 Å². The Morgan fingerprint density at radius 1 is 1.29 bits per heavy atom. The SMILES string of the molecule is Nc1cnc(Cl)nc1Nc1ccc(Br)c(Cl)c1. The summed E-state index contributed by atoms with van der Waals surface area (Å²) < 4.78 is 0.818. The molecule has 0 radical (unpaired) electrons. The van der Waals surface area contributed by atoms with E-state index in [1.165, 1.54) is 6.20 Å². The third-order valence-electron chi connectivity index (χ3n) is 1.97. The van der Waals surface area contributed by atoms with Gasteiger partial charge in [0.15, 0.2) is 5.82 Å². The molecule has 1 aromatic carbocycles. The highest BCUT2D eigenvalue weighted by Crippen LogP contribution is 2.28. The maximum atomic E-state index is 5.97. The number of halogens is 3. The van der Waals surface area contributed by atoms with Crippen LogP contribution >= 0.6 is 39.1 Å². The van der Waals surface area contributed by atoms with E-state index in [9.17, 15) is 0 Å². The molecule has 0 unspecified atom stereocenters. The van der Waals surface area contributed by atoms with Gasteiger partial charge in [-0.3, -0.25) is 0 Å². The first-order valence-corrected chi connectivity index (χ1v) is 6.11. The first-order chi connectivity index (χ1) is 8.06. The van der Waals surface area contributed by atoms with Crippen LogP contribution in [0, 0.1) is 0 Å². The second kappa shape index (κ2) is 5.08. The van der Waals surface area contributed by atoms with Crippen LogP contribution < -0.4 is 11.1 Å². The van der Waals surface area contributed by atoms with Crippen LogP contribution in [0.15, 0.2) is 28.9 Å². The maximum Gasteiger partial charge on any atom is 0.224 e. The summed E-state index contributed by atoms with van der Waals surface area (Å²) in [5, 5.41) is 3.74. The van der Waals surface area contributed by atoms with Gasteiger partial charge in [0.25, 0.3) is 0 Å². The summed E-state index contributed by atoms with van der Waals surface area (Å²) in [4.78, 5) is 7.75. The molecule has 1 aromatic heterocycles. The van der Waals surface area contributed by atoms with E-state index in [2.05, 4.69) is 31.2 Å². The van der Waals surface area contributed by atoms with Crippen molar-refractivity contribution in [1.29, 1.82) is 0 Å². The second-order valence-electron chi connectivity index (χ2n) is 3.20.